The molecule has 0 saturated heterocycles. The van der Waals surface area contributed by atoms with Crippen LogP contribution in [-0.2, 0) is 32.8 Å². The number of hydrogen-bond donors (Lipinski definition) is 4. The Bertz CT molecular complexity index is 897. The molecule has 222 valence electrons. The van der Waals surface area contributed by atoms with Gasteiger partial charge in [-0.05, 0) is 96.3 Å². The Hall–Kier alpha value is -1.97. The van der Waals surface area contributed by atoms with Crippen molar-refractivity contribution in [2.75, 3.05) is 25.9 Å². The van der Waals surface area contributed by atoms with Crippen molar-refractivity contribution in [3.63, 3.8) is 0 Å². The average Bonchev–Trinajstić information content (AvgIpc) is 2.85. The average molecular weight is 572 g/mol. The van der Waals surface area contributed by atoms with Crippen molar-refractivity contribution in [3.8, 4) is 0 Å². The highest BCUT2D eigenvalue weighted by atomic mass is 31.2. The number of carbonyl (C=O) groups excluding carboxylic acids is 3. The van der Waals surface area contributed by atoms with E-state index in [2.05, 4.69) is 16.0 Å². The Labute approximate surface area is 231 Å². The Balaban J connectivity index is 1.33. The molecule has 0 aromatic carbocycles. The molecule has 0 aliphatic heterocycles. The first-order valence-electron chi connectivity index (χ1n) is 14.5. The minimum absolute atomic E-state index is 0.145. The molecule has 4 bridgehead atoms. The third-order valence-corrected chi connectivity index (χ3v) is 10.5. The van der Waals surface area contributed by atoms with Crippen LogP contribution in [0.5, 0.6) is 0 Å². The maximum absolute atomic E-state index is 13.0. The molecule has 0 spiro atoms. The summed E-state index contributed by atoms with van der Waals surface area (Å²) in [5.74, 6) is 0.0585. The van der Waals surface area contributed by atoms with E-state index in [-0.39, 0.29) is 49.4 Å². The highest BCUT2D eigenvalue weighted by Crippen LogP contribution is 2.60. The summed E-state index contributed by atoms with van der Waals surface area (Å²) in [6, 6.07) is -2.25. The minimum Gasteiger partial charge on any atom is -0.480 e. The second-order valence-electron chi connectivity index (χ2n) is 11.6. The quantitative estimate of drug-likeness (QED) is 0.153. The van der Waals surface area contributed by atoms with E-state index in [1.54, 1.807) is 13.8 Å². The van der Waals surface area contributed by atoms with Crippen molar-refractivity contribution < 1.29 is 37.9 Å². The molecule has 0 radical (unpaired) electrons. The molecule has 4 aliphatic carbocycles. The number of carboxylic acid groups (broad SMARTS) is 1. The van der Waals surface area contributed by atoms with Crippen LogP contribution in [0.15, 0.2) is 0 Å². The second-order valence-corrected chi connectivity index (χ2v) is 13.7. The van der Waals surface area contributed by atoms with Crippen molar-refractivity contribution in [3.05, 3.63) is 0 Å². The Kier molecular flexibility index (Phi) is 11.4. The Morgan fingerprint density at radius 1 is 0.949 bits per heavy atom. The lowest BCUT2D eigenvalue weighted by Crippen LogP contribution is -2.53. The molecule has 2 atom stereocenters. The lowest BCUT2D eigenvalue weighted by molar-refractivity contribution is -0.146. The van der Waals surface area contributed by atoms with Crippen LogP contribution in [0.4, 0.5) is 0 Å². The van der Waals surface area contributed by atoms with Crippen molar-refractivity contribution in [1.82, 2.24) is 16.0 Å². The highest BCUT2D eigenvalue weighted by Gasteiger charge is 2.54. The smallest absolute Gasteiger partial charge is 0.330 e. The van der Waals surface area contributed by atoms with Crippen LogP contribution in [0, 0.1) is 23.2 Å². The zero-order valence-corrected chi connectivity index (χ0v) is 24.4. The largest absolute Gasteiger partial charge is 0.480 e. The molecule has 0 heterocycles. The molecular weight excluding hydrogens is 525 g/mol. The number of unbranched alkanes of at least 4 members (excludes halogenated alkanes) is 1. The SMILES string of the molecule is CCOP(=O)(CCC(NC(=O)[C@H](C)NC(=O)CCCCNC(=O)C12CC3CC(CC(C3)C1)C2)C(=O)O)OCC. The molecule has 12 heteroatoms. The predicted molar refractivity (Wildman–Crippen MR) is 145 cm³/mol. The molecule has 4 N–H and O–H groups in total. The van der Waals surface area contributed by atoms with Gasteiger partial charge in [0, 0.05) is 18.4 Å². The summed E-state index contributed by atoms with van der Waals surface area (Å²) in [6.07, 6.45) is 8.04. The van der Waals surface area contributed by atoms with Crippen molar-refractivity contribution in [1.29, 1.82) is 0 Å². The summed E-state index contributed by atoms with van der Waals surface area (Å²) in [5, 5.41) is 17.6. The standard InChI is InChI=1S/C27H46N3O8P/c1-4-37-39(36,38-5-2)11-9-22(25(33)34)30-24(32)18(3)29-23(31)8-6-7-10-28-26(35)27-15-19-12-20(16-27)14-21(13-19)17-27/h18-22H,4-17H2,1-3H3,(H,28,35)(H,29,31)(H,30,32)(H,33,34)/t18-,19?,20?,21?,22?,27?/m0/s1. The normalized spacial score (nSPS) is 27.0. The van der Waals surface area contributed by atoms with Gasteiger partial charge in [-0.2, -0.15) is 0 Å². The first-order valence-corrected chi connectivity index (χ1v) is 16.2. The van der Waals surface area contributed by atoms with Crippen LogP contribution in [-0.4, -0.2) is 66.8 Å². The van der Waals surface area contributed by atoms with Crippen LogP contribution in [0.1, 0.15) is 85.0 Å². The van der Waals surface area contributed by atoms with E-state index in [9.17, 15) is 28.8 Å². The summed E-state index contributed by atoms with van der Waals surface area (Å²) in [7, 11) is -3.45. The first-order chi connectivity index (χ1) is 18.5. The third kappa shape index (κ3) is 8.76. The number of carboxylic acids is 1. The van der Waals surface area contributed by atoms with Gasteiger partial charge >= 0.3 is 13.6 Å². The fourth-order valence-electron chi connectivity index (χ4n) is 6.97. The fourth-order valence-corrected chi connectivity index (χ4v) is 8.66. The van der Waals surface area contributed by atoms with Gasteiger partial charge in [-0.15, -0.1) is 0 Å². The van der Waals surface area contributed by atoms with Gasteiger partial charge in [0.1, 0.15) is 12.1 Å². The van der Waals surface area contributed by atoms with Crippen LogP contribution in [0.2, 0.25) is 0 Å². The van der Waals surface area contributed by atoms with E-state index in [1.165, 1.54) is 26.2 Å². The van der Waals surface area contributed by atoms with Gasteiger partial charge in [-0.1, -0.05) is 0 Å². The minimum atomic E-state index is -3.45. The van der Waals surface area contributed by atoms with Crippen molar-refractivity contribution >= 4 is 31.3 Å². The van der Waals surface area contributed by atoms with E-state index in [1.807, 2.05) is 0 Å². The van der Waals surface area contributed by atoms with Gasteiger partial charge in [0.15, 0.2) is 0 Å². The number of nitrogens with one attached hydrogen (secondary N) is 3. The van der Waals surface area contributed by atoms with Gasteiger partial charge < -0.3 is 30.1 Å². The zero-order chi connectivity index (χ0) is 28.6. The van der Waals surface area contributed by atoms with Crippen molar-refractivity contribution in [2.45, 2.75) is 97.1 Å². The maximum atomic E-state index is 13.0. The molecule has 11 nitrogen and oxygen atoms in total. The third-order valence-electron chi connectivity index (χ3n) is 8.36. The molecule has 4 aliphatic rings. The molecule has 3 amide bonds. The molecular formula is C27H46N3O8P. The van der Waals surface area contributed by atoms with Gasteiger partial charge in [0.05, 0.1) is 19.4 Å². The molecule has 1 unspecified atom stereocenters. The first kappa shape index (κ1) is 31.6. The van der Waals surface area contributed by atoms with Crippen LogP contribution in [0.25, 0.3) is 0 Å². The Morgan fingerprint density at radius 3 is 2.03 bits per heavy atom. The monoisotopic (exact) mass is 571 g/mol. The van der Waals surface area contributed by atoms with Crippen LogP contribution >= 0.6 is 7.60 Å². The lowest BCUT2D eigenvalue weighted by Gasteiger charge is -2.55. The molecule has 39 heavy (non-hydrogen) atoms. The van der Waals surface area contributed by atoms with E-state index in [0.717, 1.165) is 19.3 Å². The molecule has 0 aromatic heterocycles. The number of amides is 3. The van der Waals surface area contributed by atoms with Crippen LogP contribution < -0.4 is 16.0 Å². The number of aliphatic carboxylic acids is 1. The zero-order valence-electron chi connectivity index (χ0n) is 23.5. The topological polar surface area (TPSA) is 160 Å². The molecule has 4 saturated carbocycles. The van der Waals surface area contributed by atoms with Gasteiger partial charge in [-0.3, -0.25) is 18.9 Å². The Morgan fingerprint density at radius 2 is 1.51 bits per heavy atom. The number of carbonyl (C=O) groups is 4. The highest BCUT2D eigenvalue weighted by molar-refractivity contribution is 7.53. The molecule has 4 fully saturated rings. The van der Waals surface area contributed by atoms with Gasteiger partial charge in [0.25, 0.3) is 0 Å². The van der Waals surface area contributed by atoms with Crippen LogP contribution in [0.3, 0.4) is 0 Å². The van der Waals surface area contributed by atoms with E-state index >= 15 is 0 Å². The predicted octanol–water partition coefficient (Wildman–Crippen LogP) is 3.22. The second kappa shape index (κ2) is 14.1. The van der Waals surface area contributed by atoms with Crippen molar-refractivity contribution in [2.24, 2.45) is 23.2 Å². The number of hydrogen-bond acceptors (Lipinski definition) is 7. The van der Waals surface area contributed by atoms with E-state index in [0.29, 0.717) is 37.1 Å². The summed E-state index contributed by atoms with van der Waals surface area (Å²) in [4.78, 5) is 49.5. The fraction of sp³-hybridized carbons (Fsp3) is 0.852. The summed E-state index contributed by atoms with van der Waals surface area (Å²) in [5.41, 5.74) is -0.175. The lowest BCUT2D eigenvalue weighted by atomic mass is 9.49. The molecule has 4 rings (SSSR count). The maximum Gasteiger partial charge on any atom is 0.330 e. The molecule has 0 aromatic rings. The van der Waals surface area contributed by atoms with Gasteiger partial charge in [-0.25, -0.2) is 4.79 Å². The summed E-state index contributed by atoms with van der Waals surface area (Å²) < 4.78 is 23.0. The number of rotatable bonds is 17. The van der Waals surface area contributed by atoms with E-state index in [4.69, 9.17) is 9.05 Å². The van der Waals surface area contributed by atoms with Gasteiger partial charge in [0.2, 0.25) is 17.7 Å². The summed E-state index contributed by atoms with van der Waals surface area (Å²) in [6.45, 7) is 5.62. The van der Waals surface area contributed by atoms with E-state index < -0.39 is 31.6 Å². The summed E-state index contributed by atoms with van der Waals surface area (Å²) >= 11 is 0.